The summed E-state index contributed by atoms with van der Waals surface area (Å²) in [5.41, 5.74) is 6.95. The van der Waals surface area contributed by atoms with Crippen LogP contribution in [0.15, 0.2) is 12.3 Å². The number of rotatable bonds is 4. The molecule has 0 saturated heterocycles. The predicted octanol–water partition coefficient (Wildman–Crippen LogP) is 1.18. The second-order valence-corrected chi connectivity index (χ2v) is 3.23. The molecule has 0 fully saturated rings. The monoisotopic (exact) mass is 167 g/mol. The Bertz CT molecular complexity index is 227. The highest BCUT2D eigenvalue weighted by molar-refractivity contribution is 5.02. The molecule has 0 aliphatic heterocycles. The average molecular weight is 167 g/mol. The van der Waals surface area contributed by atoms with Crippen LogP contribution in [0.1, 0.15) is 26.0 Å². The van der Waals surface area contributed by atoms with Crippen LogP contribution < -0.4 is 5.73 Å². The van der Waals surface area contributed by atoms with Crippen molar-refractivity contribution < 1.29 is 0 Å². The minimum atomic E-state index is 0.220. The van der Waals surface area contributed by atoms with Crippen molar-refractivity contribution in [3.05, 3.63) is 18.0 Å². The van der Waals surface area contributed by atoms with E-state index < -0.39 is 0 Å². The van der Waals surface area contributed by atoms with Gasteiger partial charge in [0.05, 0.1) is 0 Å². The molecule has 0 aliphatic carbocycles. The van der Waals surface area contributed by atoms with E-state index in [9.17, 15) is 0 Å². The first-order valence-corrected chi connectivity index (χ1v) is 4.50. The van der Waals surface area contributed by atoms with E-state index in [1.165, 1.54) is 5.69 Å². The van der Waals surface area contributed by atoms with Gasteiger partial charge in [-0.3, -0.25) is 4.68 Å². The molecule has 1 aromatic rings. The number of hydrogen-bond donors (Lipinski definition) is 1. The van der Waals surface area contributed by atoms with Gasteiger partial charge in [-0.25, -0.2) is 0 Å². The summed E-state index contributed by atoms with van der Waals surface area (Å²) in [6.07, 6.45) is 3.88. The van der Waals surface area contributed by atoms with Crippen LogP contribution in [-0.4, -0.2) is 15.8 Å². The van der Waals surface area contributed by atoms with Gasteiger partial charge in [-0.1, -0.05) is 6.92 Å². The van der Waals surface area contributed by atoms with Crippen LogP contribution in [0.3, 0.4) is 0 Å². The highest BCUT2D eigenvalue weighted by atomic mass is 15.3. The Morgan fingerprint density at radius 3 is 3.00 bits per heavy atom. The summed E-state index contributed by atoms with van der Waals surface area (Å²) < 4.78 is 2.03. The minimum Gasteiger partial charge on any atom is -0.328 e. The summed E-state index contributed by atoms with van der Waals surface area (Å²) in [4.78, 5) is 0. The summed E-state index contributed by atoms with van der Waals surface area (Å²) >= 11 is 0. The molecule has 1 aromatic heterocycles. The molecule has 68 valence electrons. The lowest BCUT2D eigenvalue weighted by Gasteiger charge is -2.07. The molecular weight excluding hydrogens is 150 g/mol. The SMILES string of the molecule is CCCn1nccc1CC(C)N. The van der Waals surface area contributed by atoms with Crippen LogP contribution >= 0.6 is 0 Å². The Morgan fingerprint density at radius 2 is 2.42 bits per heavy atom. The molecule has 0 spiro atoms. The number of hydrogen-bond acceptors (Lipinski definition) is 2. The summed E-state index contributed by atoms with van der Waals surface area (Å²) in [6.45, 7) is 5.16. The van der Waals surface area contributed by atoms with Crippen LogP contribution in [0.5, 0.6) is 0 Å². The Morgan fingerprint density at radius 1 is 1.67 bits per heavy atom. The van der Waals surface area contributed by atoms with Gasteiger partial charge in [-0.05, 0) is 19.4 Å². The lowest BCUT2D eigenvalue weighted by Crippen LogP contribution is -2.20. The lowest BCUT2D eigenvalue weighted by molar-refractivity contribution is 0.558. The quantitative estimate of drug-likeness (QED) is 0.732. The first kappa shape index (κ1) is 9.26. The molecule has 12 heavy (non-hydrogen) atoms. The highest BCUT2D eigenvalue weighted by Gasteiger charge is 2.03. The smallest absolute Gasteiger partial charge is 0.0492 e. The molecule has 1 rings (SSSR count). The van der Waals surface area contributed by atoms with E-state index in [0.29, 0.717) is 0 Å². The van der Waals surface area contributed by atoms with E-state index in [4.69, 9.17) is 5.73 Å². The van der Waals surface area contributed by atoms with Gasteiger partial charge in [0.25, 0.3) is 0 Å². The summed E-state index contributed by atoms with van der Waals surface area (Å²) in [6, 6.07) is 2.26. The van der Waals surface area contributed by atoms with Crippen LogP contribution in [0.25, 0.3) is 0 Å². The van der Waals surface area contributed by atoms with Crippen molar-refractivity contribution in [1.29, 1.82) is 0 Å². The maximum absolute atomic E-state index is 5.71. The number of aromatic nitrogens is 2. The van der Waals surface area contributed by atoms with Gasteiger partial charge in [-0.15, -0.1) is 0 Å². The Labute approximate surface area is 73.6 Å². The second kappa shape index (κ2) is 4.26. The van der Waals surface area contributed by atoms with E-state index in [1.54, 1.807) is 0 Å². The van der Waals surface area contributed by atoms with E-state index >= 15 is 0 Å². The molecule has 0 amide bonds. The molecule has 3 heteroatoms. The van der Waals surface area contributed by atoms with Gasteiger partial charge in [0.2, 0.25) is 0 Å². The van der Waals surface area contributed by atoms with Gasteiger partial charge in [0.1, 0.15) is 0 Å². The van der Waals surface area contributed by atoms with Crippen molar-refractivity contribution in [2.75, 3.05) is 0 Å². The second-order valence-electron chi connectivity index (χ2n) is 3.23. The minimum absolute atomic E-state index is 0.220. The van der Waals surface area contributed by atoms with E-state index in [0.717, 1.165) is 19.4 Å². The van der Waals surface area contributed by atoms with Gasteiger partial charge < -0.3 is 5.73 Å². The Balaban J connectivity index is 2.63. The zero-order valence-corrected chi connectivity index (χ0v) is 7.83. The lowest BCUT2D eigenvalue weighted by atomic mass is 10.2. The first-order valence-electron chi connectivity index (χ1n) is 4.50. The van der Waals surface area contributed by atoms with Crippen molar-refractivity contribution in [2.24, 2.45) is 5.73 Å². The van der Waals surface area contributed by atoms with Crippen LogP contribution in [0.4, 0.5) is 0 Å². The number of nitrogens with two attached hydrogens (primary N) is 1. The van der Waals surface area contributed by atoms with Crippen molar-refractivity contribution in [2.45, 2.75) is 39.3 Å². The fourth-order valence-electron chi connectivity index (χ4n) is 1.28. The maximum atomic E-state index is 5.71. The molecule has 0 aromatic carbocycles. The fourth-order valence-corrected chi connectivity index (χ4v) is 1.28. The van der Waals surface area contributed by atoms with Crippen LogP contribution in [0, 0.1) is 0 Å². The van der Waals surface area contributed by atoms with Crippen molar-refractivity contribution in [1.82, 2.24) is 9.78 Å². The van der Waals surface area contributed by atoms with Gasteiger partial charge >= 0.3 is 0 Å². The molecule has 3 nitrogen and oxygen atoms in total. The molecule has 0 radical (unpaired) electrons. The van der Waals surface area contributed by atoms with Crippen molar-refractivity contribution >= 4 is 0 Å². The number of aryl methyl sites for hydroxylation is 1. The van der Waals surface area contributed by atoms with Gasteiger partial charge in [0.15, 0.2) is 0 Å². The third-order valence-electron chi connectivity index (χ3n) is 1.77. The Kier molecular flexibility index (Phi) is 3.29. The average Bonchev–Trinajstić information content (AvgIpc) is 2.37. The Hall–Kier alpha value is -0.830. The standard InChI is InChI=1S/C9H17N3/c1-3-6-12-9(4-5-11-12)7-8(2)10/h4-5,8H,3,6-7,10H2,1-2H3. The van der Waals surface area contributed by atoms with Crippen molar-refractivity contribution in [3.63, 3.8) is 0 Å². The molecule has 2 N–H and O–H groups in total. The summed E-state index contributed by atoms with van der Waals surface area (Å²) in [7, 11) is 0. The first-order chi connectivity index (χ1) is 5.74. The van der Waals surface area contributed by atoms with Crippen molar-refractivity contribution in [3.8, 4) is 0 Å². The third-order valence-corrected chi connectivity index (χ3v) is 1.77. The third kappa shape index (κ3) is 2.34. The van der Waals surface area contributed by atoms with E-state index in [-0.39, 0.29) is 6.04 Å². The topological polar surface area (TPSA) is 43.8 Å². The molecule has 0 aliphatic rings. The van der Waals surface area contributed by atoms with Crippen LogP contribution in [-0.2, 0) is 13.0 Å². The van der Waals surface area contributed by atoms with E-state index in [2.05, 4.69) is 12.0 Å². The van der Waals surface area contributed by atoms with Crippen LogP contribution in [0.2, 0.25) is 0 Å². The summed E-state index contributed by atoms with van der Waals surface area (Å²) in [5, 5.41) is 4.22. The predicted molar refractivity (Wildman–Crippen MR) is 49.9 cm³/mol. The highest BCUT2D eigenvalue weighted by Crippen LogP contribution is 2.02. The molecule has 0 bridgehead atoms. The fraction of sp³-hybridized carbons (Fsp3) is 0.667. The van der Waals surface area contributed by atoms with Gasteiger partial charge in [0, 0.05) is 30.9 Å². The zero-order valence-electron chi connectivity index (χ0n) is 7.83. The molecule has 1 atom stereocenters. The van der Waals surface area contributed by atoms with E-state index in [1.807, 2.05) is 23.9 Å². The van der Waals surface area contributed by atoms with Gasteiger partial charge in [-0.2, -0.15) is 5.10 Å². The zero-order chi connectivity index (χ0) is 8.97. The summed E-state index contributed by atoms with van der Waals surface area (Å²) in [5.74, 6) is 0. The largest absolute Gasteiger partial charge is 0.328 e. The number of nitrogens with zero attached hydrogens (tertiary/aromatic N) is 2. The maximum Gasteiger partial charge on any atom is 0.0492 e. The molecular formula is C9H17N3. The normalized spacial score (nSPS) is 13.2. The molecule has 0 saturated carbocycles. The molecule has 1 heterocycles. The molecule has 1 unspecified atom stereocenters.